The van der Waals surface area contributed by atoms with Crippen LogP contribution in [0.3, 0.4) is 0 Å². The monoisotopic (exact) mass is 379 g/mol. The second-order valence-corrected chi connectivity index (χ2v) is 6.00. The number of benzene rings is 2. The smallest absolute Gasteiger partial charge is 0.342 e. The van der Waals surface area contributed by atoms with Gasteiger partial charge in [-0.25, -0.2) is 9.18 Å². The number of nitrogens with one attached hydrogen (secondary N) is 1. The van der Waals surface area contributed by atoms with Gasteiger partial charge in [0.2, 0.25) is 0 Å². The predicted octanol–water partition coefficient (Wildman–Crippen LogP) is 3.39. The molecule has 0 spiro atoms. The van der Waals surface area contributed by atoms with Gasteiger partial charge in [-0.1, -0.05) is 23.7 Å². The Morgan fingerprint density at radius 2 is 1.88 bits per heavy atom. The van der Waals surface area contributed by atoms with Crippen molar-refractivity contribution in [3.63, 3.8) is 0 Å². The molecule has 5 nitrogen and oxygen atoms in total. The lowest BCUT2D eigenvalue weighted by Gasteiger charge is -2.15. The van der Waals surface area contributed by atoms with Gasteiger partial charge in [0.25, 0.3) is 5.91 Å². The lowest BCUT2D eigenvalue weighted by Crippen LogP contribution is -2.37. The predicted molar refractivity (Wildman–Crippen MR) is 96.0 cm³/mol. The first-order chi connectivity index (χ1) is 12.4. The van der Waals surface area contributed by atoms with Crippen molar-refractivity contribution in [2.75, 3.05) is 13.7 Å². The summed E-state index contributed by atoms with van der Waals surface area (Å²) in [5, 5.41) is 3.03. The number of methoxy groups -OCH3 is 1. The molecule has 0 saturated carbocycles. The molecule has 0 aromatic heterocycles. The SMILES string of the molecule is COc1ccc(Cl)cc1C(=O)O[C@H](C)C(=O)NCCc1ccc(F)cc1. The summed E-state index contributed by atoms with van der Waals surface area (Å²) in [6.07, 6.45) is -0.450. The molecule has 0 saturated heterocycles. The van der Waals surface area contributed by atoms with E-state index in [2.05, 4.69) is 5.32 Å². The Morgan fingerprint density at radius 3 is 2.54 bits per heavy atom. The Bertz CT molecular complexity index is 780. The van der Waals surface area contributed by atoms with Crippen LogP contribution in [-0.4, -0.2) is 31.6 Å². The number of halogens is 2. The lowest BCUT2D eigenvalue weighted by atomic mass is 10.1. The zero-order valence-electron chi connectivity index (χ0n) is 14.4. The highest BCUT2D eigenvalue weighted by molar-refractivity contribution is 6.31. The molecule has 1 N–H and O–H groups in total. The first kappa shape index (κ1) is 19.7. The van der Waals surface area contributed by atoms with E-state index in [1.165, 1.54) is 32.2 Å². The maximum atomic E-state index is 12.8. The van der Waals surface area contributed by atoms with Crippen LogP contribution in [-0.2, 0) is 16.0 Å². The lowest BCUT2D eigenvalue weighted by molar-refractivity contribution is -0.129. The molecule has 0 bridgehead atoms. The van der Waals surface area contributed by atoms with Crippen molar-refractivity contribution in [3.05, 3.63) is 64.4 Å². The van der Waals surface area contributed by atoms with E-state index in [1.54, 1.807) is 24.3 Å². The van der Waals surface area contributed by atoms with Gasteiger partial charge in [-0.05, 0) is 49.2 Å². The van der Waals surface area contributed by atoms with E-state index in [0.29, 0.717) is 23.7 Å². The van der Waals surface area contributed by atoms with Gasteiger partial charge in [0.15, 0.2) is 6.10 Å². The molecule has 2 rings (SSSR count). The second-order valence-electron chi connectivity index (χ2n) is 5.56. The van der Waals surface area contributed by atoms with Crippen LogP contribution in [0.5, 0.6) is 5.75 Å². The Hall–Kier alpha value is -2.60. The van der Waals surface area contributed by atoms with Crippen molar-refractivity contribution < 1.29 is 23.5 Å². The Morgan fingerprint density at radius 1 is 1.19 bits per heavy atom. The van der Waals surface area contributed by atoms with Crippen LogP contribution in [0.15, 0.2) is 42.5 Å². The summed E-state index contributed by atoms with van der Waals surface area (Å²) < 4.78 is 23.1. The van der Waals surface area contributed by atoms with Gasteiger partial charge in [0.1, 0.15) is 17.1 Å². The summed E-state index contributed by atoms with van der Waals surface area (Å²) in [7, 11) is 1.42. The Labute approximate surface area is 156 Å². The third kappa shape index (κ3) is 5.46. The fraction of sp³-hybridized carbons (Fsp3) is 0.263. The van der Waals surface area contributed by atoms with E-state index in [9.17, 15) is 14.0 Å². The Balaban J connectivity index is 1.87. The maximum absolute atomic E-state index is 12.8. The fourth-order valence-electron chi connectivity index (χ4n) is 2.24. The number of ether oxygens (including phenoxy) is 2. The zero-order chi connectivity index (χ0) is 19.1. The molecule has 0 heterocycles. The van der Waals surface area contributed by atoms with Gasteiger partial charge in [-0.2, -0.15) is 0 Å². The van der Waals surface area contributed by atoms with Crippen molar-refractivity contribution in [2.24, 2.45) is 0 Å². The van der Waals surface area contributed by atoms with Crippen LogP contribution in [0.1, 0.15) is 22.8 Å². The molecule has 7 heteroatoms. The standard InChI is InChI=1S/C19H19ClFNO4/c1-12(18(23)22-10-9-13-3-6-15(21)7-4-13)26-19(24)16-11-14(20)5-8-17(16)25-2/h3-8,11-12H,9-10H2,1-2H3,(H,22,23)/t12-/m1/s1. The molecular weight excluding hydrogens is 361 g/mol. The van der Waals surface area contributed by atoms with Gasteiger partial charge >= 0.3 is 5.97 Å². The molecular formula is C19H19ClFNO4. The topological polar surface area (TPSA) is 64.6 Å². The minimum absolute atomic E-state index is 0.144. The molecule has 2 aromatic carbocycles. The molecule has 0 aliphatic carbocycles. The zero-order valence-corrected chi connectivity index (χ0v) is 15.2. The van der Waals surface area contributed by atoms with Crippen molar-refractivity contribution in [1.29, 1.82) is 0 Å². The number of hydrogen-bond acceptors (Lipinski definition) is 4. The van der Waals surface area contributed by atoms with Gasteiger partial charge in [0, 0.05) is 11.6 Å². The molecule has 0 fully saturated rings. The fourth-order valence-corrected chi connectivity index (χ4v) is 2.41. The van der Waals surface area contributed by atoms with Crippen molar-refractivity contribution in [2.45, 2.75) is 19.4 Å². The second kappa shape index (κ2) is 9.20. The van der Waals surface area contributed by atoms with E-state index in [0.717, 1.165) is 5.56 Å². The van der Waals surface area contributed by atoms with Crippen LogP contribution in [0.2, 0.25) is 5.02 Å². The quantitative estimate of drug-likeness (QED) is 0.749. The minimum atomic E-state index is -0.987. The first-order valence-electron chi connectivity index (χ1n) is 7.97. The van der Waals surface area contributed by atoms with Gasteiger partial charge in [-0.3, -0.25) is 4.79 Å². The average Bonchev–Trinajstić information content (AvgIpc) is 2.63. The minimum Gasteiger partial charge on any atom is -0.496 e. The summed E-state index contributed by atoms with van der Waals surface area (Å²) in [5.41, 5.74) is 1.03. The maximum Gasteiger partial charge on any atom is 0.342 e. The largest absolute Gasteiger partial charge is 0.496 e. The molecule has 2 aromatic rings. The van der Waals surface area contributed by atoms with Crippen LogP contribution in [0.4, 0.5) is 4.39 Å². The number of carbonyl (C=O) groups is 2. The van der Waals surface area contributed by atoms with Crippen molar-refractivity contribution in [1.82, 2.24) is 5.32 Å². The number of amides is 1. The summed E-state index contributed by atoms with van der Waals surface area (Å²) >= 11 is 5.89. The molecule has 0 aliphatic heterocycles. The molecule has 138 valence electrons. The van der Waals surface area contributed by atoms with E-state index in [-0.39, 0.29) is 11.4 Å². The highest BCUT2D eigenvalue weighted by Gasteiger charge is 2.21. The molecule has 26 heavy (non-hydrogen) atoms. The molecule has 1 amide bonds. The molecule has 0 aliphatic rings. The van der Waals surface area contributed by atoms with Gasteiger partial charge in [-0.15, -0.1) is 0 Å². The van der Waals surface area contributed by atoms with Gasteiger partial charge in [0.05, 0.1) is 7.11 Å². The van der Waals surface area contributed by atoms with Crippen molar-refractivity contribution in [3.8, 4) is 5.75 Å². The summed E-state index contributed by atoms with van der Waals surface area (Å²) in [6.45, 7) is 1.81. The van der Waals surface area contributed by atoms with Crippen LogP contribution in [0.25, 0.3) is 0 Å². The molecule has 0 radical (unpaired) electrons. The molecule has 1 atom stereocenters. The number of carbonyl (C=O) groups excluding carboxylic acids is 2. The van der Waals surface area contributed by atoms with Crippen molar-refractivity contribution >= 4 is 23.5 Å². The highest BCUT2D eigenvalue weighted by Crippen LogP contribution is 2.23. The summed E-state index contributed by atoms with van der Waals surface area (Å²) in [5.74, 6) is -1.13. The van der Waals surface area contributed by atoms with E-state index in [1.807, 2.05) is 0 Å². The molecule has 0 unspecified atom stereocenters. The summed E-state index contributed by atoms with van der Waals surface area (Å²) in [4.78, 5) is 24.3. The van der Waals surface area contributed by atoms with Crippen LogP contribution >= 0.6 is 11.6 Å². The normalized spacial score (nSPS) is 11.5. The number of rotatable bonds is 7. The van der Waals surface area contributed by atoms with Crippen LogP contribution < -0.4 is 10.1 Å². The third-order valence-corrected chi connectivity index (χ3v) is 3.90. The highest BCUT2D eigenvalue weighted by atomic mass is 35.5. The van der Waals surface area contributed by atoms with E-state index >= 15 is 0 Å². The first-order valence-corrected chi connectivity index (χ1v) is 8.35. The van der Waals surface area contributed by atoms with Gasteiger partial charge < -0.3 is 14.8 Å². The van der Waals surface area contributed by atoms with E-state index < -0.39 is 18.0 Å². The third-order valence-electron chi connectivity index (χ3n) is 3.66. The van der Waals surface area contributed by atoms with Crippen LogP contribution in [0, 0.1) is 5.82 Å². The number of hydrogen-bond donors (Lipinski definition) is 1. The number of esters is 1. The Kier molecular flexibility index (Phi) is 6.97. The summed E-state index contributed by atoms with van der Waals surface area (Å²) in [6, 6.07) is 10.6. The average molecular weight is 380 g/mol. The van der Waals surface area contributed by atoms with E-state index in [4.69, 9.17) is 21.1 Å².